The van der Waals surface area contributed by atoms with Gasteiger partial charge in [0, 0.05) is 23.5 Å². The van der Waals surface area contributed by atoms with Gasteiger partial charge in [-0.3, -0.25) is 4.79 Å². The first-order chi connectivity index (χ1) is 10.9. The van der Waals surface area contributed by atoms with Crippen LogP contribution in [0, 0.1) is 11.7 Å². The van der Waals surface area contributed by atoms with E-state index in [4.69, 9.17) is 23.2 Å². The standard InChI is InChI=1S/C17H21Cl2FN2O.ClH/c1-9(13-7-16(20)15(19)8-14(13)18)21-17(23)6-10-4-11-2-3-12(5-10)22-11;/h7-12,22H,2-6H2,1H3,(H,21,23);1H. The van der Waals surface area contributed by atoms with E-state index in [2.05, 4.69) is 10.6 Å². The van der Waals surface area contributed by atoms with Crippen LogP contribution in [0.15, 0.2) is 12.1 Å². The van der Waals surface area contributed by atoms with Crippen LogP contribution in [0.5, 0.6) is 0 Å². The van der Waals surface area contributed by atoms with E-state index in [0.29, 0.717) is 35.0 Å². The van der Waals surface area contributed by atoms with Gasteiger partial charge < -0.3 is 10.6 Å². The van der Waals surface area contributed by atoms with Crippen molar-refractivity contribution in [1.82, 2.24) is 10.6 Å². The summed E-state index contributed by atoms with van der Waals surface area (Å²) < 4.78 is 13.6. The first-order valence-electron chi connectivity index (χ1n) is 8.12. The van der Waals surface area contributed by atoms with E-state index in [9.17, 15) is 9.18 Å². The van der Waals surface area contributed by atoms with Crippen molar-refractivity contribution in [2.24, 2.45) is 5.92 Å². The molecule has 0 saturated carbocycles. The molecule has 1 amide bonds. The average molecular weight is 396 g/mol. The zero-order valence-electron chi connectivity index (χ0n) is 13.5. The van der Waals surface area contributed by atoms with Gasteiger partial charge in [-0.05, 0) is 56.2 Å². The largest absolute Gasteiger partial charge is 0.350 e. The summed E-state index contributed by atoms with van der Waals surface area (Å²) in [6.07, 6.45) is 5.09. The zero-order valence-corrected chi connectivity index (χ0v) is 15.8. The third-order valence-corrected chi connectivity index (χ3v) is 5.55. The number of carbonyl (C=O) groups is 1. The Morgan fingerprint density at radius 1 is 1.29 bits per heavy atom. The van der Waals surface area contributed by atoms with Crippen molar-refractivity contribution in [3.63, 3.8) is 0 Å². The third-order valence-electron chi connectivity index (χ3n) is 4.93. The van der Waals surface area contributed by atoms with E-state index in [0.717, 1.165) is 12.8 Å². The lowest BCUT2D eigenvalue weighted by Crippen LogP contribution is -2.40. The quantitative estimate of drug-likeness (QED) is 0.728. The summed E-state index contributed by atoms with van der Waals surface area (Å²) in [5.41, 5.74) is 0.548. The SMILES string of the molecule is CC(NC(=O)CC1CC2CCC(C1)N2)c1cc(F)c(Cl)cc1Cl.Cl. The van der Waals surface area contributed by atoms with Crippen LogP contribution in [0.2, 0.25) is 10.0 Å². The molecule has 0 radical (unpaired) electrons. The molecule has 0 spiro atoms. The van der Waals surface area contributed by atoms with Gasteiger partial charge in [-0.15, -0.1) is 12.4 Å². The summed E-state index contributed by atoms with van der Waals surface area (Å²) >= 11 is 11.8. The van der Waals surface area contributed by atoms with E-state index >= 15 is 0 Å². The van der Waals surface area contributed by atoms with Crippen LogP contribution in [-0.2, 0) is 4.79 Å². The Labute approximate surface area is 158 Å². The highest BCUT2D eigenvalue weighted by atomic mass is 35.5. The molecule has 3 nitrogen and oxygen atoms in total. The molecule has 2 bridgehead atoms. The van der Waals surface area contributed by atoms with Crippen molar-refractivity contribution in [1.29, 1.82) is 0 Å². The molecule has 24 heavy (non-hydrogen) atoms. The maximum absolute atomic E-state index is 13.6. The molecule has 3 rings (SSSR count). The topological polar surface area (TPSA) is 41.1 Å². The van der Waals surface area contributed by atoms with E-state index in [-0.39, 0.29) is 29.4 Å². The molecular formula is C17H22Cl3FN2O. The summed E-state index contributed by atoms with van der Waals surface area (Å²) in [6.45, 7) is 1.80. The summed E-state index contributed by atoms with van der Waals surface area (Å²) in [5.74, 6) is -0.101. The fourth-order valence-electron chi connectivity index (χ4n) is 3.85. The number of hydrogen-bond donors (Lipinski definition) is 2. The van der Waals surface area contributed by atoms with E-state index in [1.165, 1.54) is 25.0 Å². The Bertz CT molecular complexity index is 602. The summed E-state index contributed by atoms with van der Waals surface area (Å²) in [5, 5.41) is 6.86. The predicted octanol–water partition coefficient (Wildman–Crippen LogP) is 4.65. The van der Waals surface area contributed by atoms with Gasteiger partial charge in [0.25, 0.3) is 0 Å². The van der Waals surface area contributed by atoms with Gasteiger partial charge in [-0.1, -0.05) is 23.2 Å². The Kier molecular flexibility index (Phi) is 6.77. The minimum Gasteiger partial charge on any atom is -0.350 e. The van der Waals surface area contributed by atoms with Crippen molar-refractivity contribution in [2.45, 2.75) is 57.2 Å². The van der Waals surface area contributed by atoms with Crippen molar-refractivity contribution >= 4 is 41.5 Å². The first-order valence-corrected chi connectivity index (χ1v) is 8.88. The molecule has 7 heteroatoms. The highest BCUT2D eigenvalue weighted by molar-refractivity contribution is 6.35. The second-order valence-electron chi connectivity index (χ2n) is 6.76. The molecule has 2 aliphatic heterocycles. The van der Waals surface area contributed by atoms with Crippen molar-refractivity contribution in [3.8, 4) is 0 Å². The third kappa shape index (κ3) is 4.54. The Morgan fingerprint density at radius 3 is 2.54 bits per heavy atom. The minimum atomic E-state index is -0.526. The molecule has 2 fully saturated rings. The fourth-order valence-corrected chi connectivity index (χ4v) is 4.40. The van der Waals surface area contributed by atoms with Crippen LogP contribution in [0.25, 0.3) is 0 Å². The second-order valence-corrected chi connectivity index (χ2v) is 7.57. The Hall–Kier alpha value is -0.550. The molecule has 1 aromatic carbocycles. The highest BCUT2D eigenvalue weighted by Gasteiger charge is 2.34. The van der Waals surface area contributed by atoms with E-state index in [1.54, 1.807) is 6.92 Å². The number of rotatable bonds is 4. The zero-order chi connectivity index (χ0) is 16.6. The fraction of sp³-hybridized carbons (Fsp3) is 0.588. The van der Waals surface area contributed by atoms with Gasteiger partial charge in [-0.2, -0.15) is 0 Å². The van der Waals surface area contributed by atoms with Crippen LogP contribution in [0.1, 0.15) is 50.6 Å². The minimum absolute atomic E-state index is 0. The van der Waals surface area contributed by atoms with Crippen LogP contribution >= 0.6 is 35.6 Å². The molecule has 134 valence electrons. The van der Waals surface area contributed by atoms with Crippen molar-refractivity contribution in [3.05, 3.63) is 33.6 Å². The Morgan fingerprint density at radius 2 is 1.92 bits per heavy atom. The predicted molar refractivity (Wildman–Crippen MR) is 97.5 cm³/mol. The second kappa shape index (κ2) is 8.22. The lowest BCUT2D eigenvalue weighted by Gasteiger charge is -2.29. The Balaban J connectivity index is 0.00000208. The van der Waals surface area contributed by atoms with Gasteiger partial charge in [0.2, 0.25) is 5.91 Å². The van der Waals surface area contributed by atoms with Crippen molar-refractivity contribution < 1.29 is 9.18 Å². The van der Waals surface area contributed by atoms with E-state index < -0.39 is 5.82 Å². The summed E-state index contributed by atoms with van der Waals surface area (Å²) in [7, 11) is 0. The maximum atomic E-state index is 13.6. The molecule has 2 aliphatic rings. The molecule has 2 heterocycles. The molecule has 3 unspecified atom stereocenters. The monoisotopic (exact) mass is 394 g/mol. The summed E-state index contributed by atoms with van der Waals surface area (Å²) in [6, 6.07) is 3.47. The smallest absolute Gasteiger partial charge is 0.220 e. The van der Waals surface area contributed by atoms with Crippen LogP contribution in [0.3, 0.4) is 0 Å². The van der Waals surface area contributed by atoms with Gasteiger partial charge in [0.1, 0.15) is 5.82 Å². The number of carbonyl (C=O) groups excluding carboxylic acids is 1. The molecular weight excluding hydrogens is 374 g/mol. The van der Waals surface area contributed by atoms with Gasteiger partial charge >= 0.3 is 0 Å². The normalized spacial score (nSPS) is 26.6. The molecule has 0 aliphatic carbocycles. The number of halogens is 4. The summed E-state index contributed by atoms with van der Waals surface area (Å²) in [4.78, 5) is 12.3. The van der Waals surface area contributed by atoms with Gasteiger partial charge in [0.15, 0.2) is 0 Å². The number of amides is 1. The van der Waals surface area contributed by atoms with Crippen LogP contribution in [-0.4, -0.2) is 18.0 Å². The number of benzene rings is 1. The number of fused-ring (bicyclic) bond motifs is 2. The lowest BCUT2D eigenvalue weighted by molar-refractivity contribution is -0.122. The number of hydrogen-bond acceptors (Lipinski definition) is 2. The van der Waals surface area contributed by atoms with Crippen molar-refractivity contribution in [2.75, 3.05) is 0 Å². The molecule has 3 atom stereocenters. The number of piperidine rings is 1. The van der Waals surface area contributed by atoms with Gasteiger partial charge in [-0.25, -0.2) is 4.39 Å². The van der Waals surface area contributed by atoms with Crippen LogP contribution in [0.4, 0.5) is 4.39 Å². The first kappa shape index (κ1) is 19.8. The maximum Gasteiger partial charge on any atom is 0.220 e. The lowest BCUT2D eigenvalue weighted by atomic mass is 9.89. The molecule has 2 N–H and O–H groups in total. The average Bonchev–Trinajstić information content (AvgIpc) is 2.81. The molecule has 2 saturated heterocycles. The molecule has 0 aromatic heterocycles. The highest BCUT2D eigenvalue weighted by Crippen LogP contribution is 2.33. The van der Waals surface area contributed by atoms with E-state index in [1.807, 2.05) is 0 Å². The van der Waals surface area contributed by atoms with Crippen LogP contribution < -0.4 is 10.6 Å². The molecule has 1 aromatic rings. The van der Waals surface area contributed by atoms with Gasteiger partial charge in [0.05, 0.1) is 11.1 Å². The number of nitrogens with one attached hydrogen (secondary N) is 2.